The monoisotopic (exact) mass is 379 g/mol. The molecule has 0 aliphatic carbocycles. The number of nitrogens with zero attached hydrogens (tertiary/aromatic N) is 1. The van der Waals surface area contributed by atoms with Crippen molar-refractivity contribution in [1.29, 1.82) is 0 Å². The van der Waals surface area contributed by atoms with Gasteiger partial charge in [0.05, 0.1) is 13.2 Å². The van der Waals surface area contributed by atoms with E-state index in [1.165, 1.54) is 7.11 Å². The first-order valence-electron chi connectivity index (χ1n) is 9.09. The molecule has 1 aliphatic heterocycles. The summed E-state index contributed by atoms with van der Waals surface area (Å²) in [6, 6.07) is 9.15. The van der Waals surface area contributed by atoms with Gasteiger partial charge in [-0.05, 0) is 33.3 Å². The van der Waals surface area contributed by atoms with Crippen LogP contribution in [0, 0.1) is 0 Å². The van der Waals surface area contributed by atoms with E-state index in [-0.39, 0.29) is 0 Å². The minimum Gasteiger partial charge on any atom is -0.458 e. The lowest BCUT2D eigenvalue weighted by Crippen LogP contribution is -2.51. The lowest BCUT2D eigenvalue weighted by Gasteiger charge is -2.36. The number of carbonyl (C=O) groups excluding carboxylic acids is 2. The van der Waals surface area contributed by atoms with E-state index in [2.05, 4.69) is 0 Å². The Bertz CT molecular complexity index is 627. The van der Waals surface area contributed by atoms with E-state index in [1.807, 2.05) is 39.0 Å². The fraction of sp³-hybridized carbons (Fsp3) is 0.600. The number of benzene rings is 1. The molecule has 7 heteroatoms. The lowest BCUT2D eigenvalue weighted by molar-refractivity contribution is -0.171. The minimum atomic E-state index is -0.806. The molecule has 0 N–H and O–H groups in total. The second-order valence-corrected chi connectivity index (χ2v) is 7.50. The largest absolute Gasteiger partial charge is 0.458 e. The molecule has 0 spiro atoms. The van der Waals surface area contributed by atoms with Crippen molar-refractivity contribution in [2.75, 3.05) is 26.8 Å². The van der Waals surface area contributed by atoms with Crippen LogP contribution in [-0.4, -0.2) is 61.6 Å². The molecule has 0 aromatic heterocycles. The van der Waals surface area contributed by atoms with Gasteiger partial charge in [0, 0.05) is 13.7 Å². The van der Waals surface area contributed by atoms with Crippen molar-refractivity contribution in [3.05, 3.63) is 35.9 Å². The maximum Gasteiger partial charge on any atom is 0.410 e. The van der Waals surface area contributed by atoms with E-state index in [0.29, 0.717) is 19.7 Å². The zero-order chi connectivity index (χ0) is 20.0. The molecule has 1 aromatic rings. The zero-order valence-corrected chi connectivity index (χ0v) is 16.6. The Morgan fingerprint density at radius 1 is 1.22 bits per heavy atom. The van der Waals surface area contributed by atoms with Gasteiger partial charge in [0.15, 0.2) is 6.10 Å². The summed E-state index contributed by atoms with van der Waals surface area (Å²) >= 11 is 0. The number of hydrogen-bond acceptors (Lipinski definition) is 6. The zero-order valence-electron chi connectivity index (χ0n) is 16.6. The van der Waals surface area contributed by atoms with E-state index < -0.39 is 36.0 Å². The quantitative estimate of drug-likeness (QED) is 0.733. The topological polar surface area (TPSA) is 74.3 Å². The fourth-order valence-corrected chi connectivity index (χ4v) is 2.77. The normalized spacial score (nSPS) is 19.9. The van der Waals surface area contributed by atoms with Crippen LogP contribution in [0.2, 0.25) is 0 Å². The van der Waals surface area contributed by atoms with Crippen molar-refractivity contribution in [2.24, 2.45) is 0 Å². The summed E-state index contributed by atoms with van der Waals surface area (Å²) in [7, 11) is 1.46. The molecule has 1 saturated heterocycles. The number of morpholine rings is 1. The van der Waals surface area contributed by atoms with Crippen LogP contribution in [0.25, 0.3) is 0 Å². The van der Waals surface area contributed by atoms with Crippen LogP contribution in [-0.2, 0) is 23.7 Å². The summed E-state index contributed by atoms with van der Waals surface area (Å²) in [6.45, 7) is 8.31. The van der Waals surface area contributed by atoms with E-state index in [9.17, 15) is 9.59 Å². The molecule has 0 bridgehead atoms. The number of ether oxygens (including phenoxy) is 4. The van der Waals surface area contributed by atoms with Gasteiger partial charge in [-0.25, -0.2) is 9.59 Å². The minimum absolute atomic E-state index is 0.298. The summed E-state index contributed by atoms with van der Waals surface area (Å²) in [5.74, 6) is -0.491. The maximum atomic E-state index is 12.5. The lowest BCUT2D eigenvalue weighted by atomic mass is 10.1. The maximum absolute atomic E-state index is 12.5. The molecule has 1 fully saturated rings. The number of hydrogen-bond donors (Lipinski definition) is 0. The highest BCUT2D eigenvalue weighted by Crippen LogP contribution is 2.21. The summed E-state index contributed by atoms with van der Waals surface area (Å²) in [5, 5.41) is 0. The SMILES string of the molecule is CO[C@@H](C(=O)O[C@H](C)[C@@H]1CN(C(=O)OC(C)(C)C)CCO1)c1ccccc1. The Morgan fingerprint density at radius 2 is 1.89 bits per heavy atom. The highest BCUT2D eigenvalue weighted by molar-refractivity contribution is 5.76. The molecule has 2 rings (SSSR count). The van der Waals surface area contributed by atoms with E-state index in [0.717, 1.165) is 5.56 Å². The van der Waals surface area contributed by atoms with Gasteiger partial charge in [0.2, 0.25) is 0 Å². The van der Waals surface area contributed by atoms with E-state index >= 15 is 0 Å². The third-order valence-corrected chi connectivity index (χ3v) is 4.12. The van der Waals surface area contributed by atoms with Crippen LogP contribution in [0.3, 0.4) is 0 Å². The summed E-state index contributed by atoms with van der Waals surface area (Å²) in [6.07, 6.45) is -2.17. The van der Waals surface area contributed by atoms with Crippen molar-refractivity contribution in [2.45, 2.75) is 51.6 Å². The Hall–Kier alpha value is -2.12. The molecule has 1 amide bonds. The molecular weight excluding hydrogens is 350 g/mol. The Labute approximate surface area is 160 Å². The highest BCUT2D eigenvalue weighted by Gasteiger charge is 2.33. The standard InChI is InChI=1S/C20H29NO6/c1-14(26-18(22)17(24-5)15-9-7-6-8-10-15)16-13-21(11-12-25-16)19(23)27-20(2,3)4/h6-10,14,16-17H,11-13H2,1-5H3/t14-,16+,17-/m1/s1. The van der Waals surface area contributed by atoms with Gasteiger partial charge in [-0.2, -0.15) is 0 Å². The first-order chi connectivity index (χ1) is 12.7. The molecule has 0 unspecified atom stereocenters. The highest BCUT2D eigenvalue weighted by atomic mass is 16.6. The third kappa shape index (κ3) is 6.22. The molecule has 1 aliphatic rings. The van der Waals surface area contributed by atoms with Crippen molar-refractivity contribution >= 4 is 12.1 Å². The average molecular weight is 379 g/mol. The first-order valence-corrected chi connectivity index (χ1v) is 9.09. The number of amides is 1. The van der Waals surface area contributed by atoms with Crippen LogP contribution in [0.5, 0.6) is 0 Å². The van der Waals surface area contributed by atoms with Gasteiger partial charge in [0.1, 0.15) is 17.8 Å². The van der Waals surface area contributed by atoms with Crippen LogP contribution in [0.4, 0.5) is 4.79 Å². The summed E-state index contributed by atoms with van der Waals surface area (Å²) < 4.78 is 22.0. The Kier molecular flexibility index (Phi) is 7.21. The summed E-state index contributed by atoms with van der Waals surface area (Å²) in [5.41, 5.74) is 0.154. The van der Waals surface area contributed by atoms with Crippen molar-refractivity contribution in [1.82, 2.24) is 4.90 Å². The molecule has 0 saturated carbocycles. The second kappa shape index (κ2) is 9.19. The summed E-state index contributed by atoms with van der Waals surface area (Å²) in [4.78, 5) is 26.4. The van der Waals surface area contributed by atoms with E-state index in [4.69, 9.17) is 18.9 Å². The number of carbonyl (C=O) groups is 2. The average Bonchev–Trinajstić information content (AvgIpc) is 2.62. The van der Waals surface area contributed by atoms with Gasteiger partial charge in [0.25, 0.3) is 0 Å². The van der Waals surface area contributed by atoms with Gasteiger partial charge in [-0.15, -0.1) is 0 Å². The van der Waals surface area contributed by atoms with E-state index in [1.54, 1.807) is 24.0 Å². The molecule has 7 nitrogen and oxygen atoms in total. The van der Waals surface area contributed by atoms with Crippen LogP contribution < -0.4 is 0 Å². The van der Waals surface area contributed by atoms with Gasteiger partial charge >= 0.3 is 12.1 Å². The first kappa shape index (κ1) is 21.2. The van der Waals surface area contributed by atoms with Crippen LogP contribution in [0.1, 0.15) is 39.4 Å². The number of methoxy groups -OCH3 is 1. The van der Waals surface area contributed by atoms with Crippen molar-refractivity contribution < 1.29 is 28.5 Å². The van der Waals surface area contributed by atoms with Gasteiger partial charge < -0.3 is 23.8 Å². The molecule has 0 radical (unpaired) electrons. The number of rotatable bonds is 5. The molecule has 3 atom stereocenters. The molecular formula is C20H29NO6. The predicted octanol–water partition coefficient (Wildman–Crippen LogP) is 2.94. The van der Waals surface area contributed by atoms with Gasteiger partial charge in [-0.1, -0.05) is 30.3 Å². The smallest absolute Gasteiger partial charge is 0.410 e. The molecule has 150 valence electrons. The molecule has 1 heterocycles. The Morgan fingerprint density at radius 3 is 2.48 bits per heavy atom. The molecule has 27 heavy (non-hydrogen) atoms. The van der Waals surface area contributed by atoms with Crippen molar-refractivity contribution in [3.8, 4) is 0 Å². The van der Waals surface area contributed by atoms with Crippen LogP contribution in [0.15, 0.2) is 30.3 Å². The Balaban J connectivity index is 1.95. The predicted molar refractivity (Wildman–Crippen MR) is 99.3 cm³/mol. The third-order valence-electron chi connectivity index (χ3n) is 4.12. The van der Waals surface area contributed by atoms with Crippen molar-refractivity contribution in [3.63, 3.8) is 0 Å². The second-order valence-electron chi connectivity index (χ2n) is 7.50. The molecule has 1 aromatic carbocycles. The number of esters is 1. The van der Waals surface area contributed by atoms with Gasteiger partial charge in [-0.3, -0.25) is 0 Å². The van der Waals surface area contributed by atoms with Crippen LogP contribution >= 0.6 is 0 Å². The fourth-order valence-electron chi connectivity index (χ4n) is 2.77.